The van der Waals surface area contributed by atoms with Gasteiger partial charge in [-0.15, -0.1) is 0 Å². The maximum atomic E-state index is 14.6. The number of hydrogen-bond donors (Lipinski definition) is 2. The van der Waals surface area contributed by atoms with Crippen LogP contribution in [0.1, 0.15) is 25.3 Å². The van der Waals surface area contributed by atoms with Crippen LogP contribution in [0.25, 0.3) is 0 Å². The summed E-state index contributed by atoms with van der Waals surface area (Å²) in [7, 11) is -7.29. The van der Waals surface area contributed by atoms with E-state index in [4.69, 9.17) is 16.1 Å². The molecule has 2 N–H and O–H groups in total. The first-order valence-corrected chi connectivity index (χ1v) is 20.6. The predicted molar refractivity (Wildman–Crippen MR) is 213 cm³/mol. The van der Waals surface area contributed by atoms with Crippen molar-refractivity contribution in [2.45, 2.75) is 24.7 Å². The van der Waals surface area contributed by atoms with Crippen LogP contribution in [0.3, 0.4) is 0 Å². The highest BCUT2D eigenvalue weighted by Gasteiger charge is 2.54. The van der Waals surface area contributed by atoms with Crippen LogP contribution in [0.15, 0.2) is 174 Å². The summed E-state index contributed by atoms with van der Waals surface area (Å²) < 4.78 is 41.7. The van der Waals surface area contributed by atoms with E-state index in [0.29, 0.717) is 10.9 Å². The van der Waals surface area contributed by atoms with Gasteiger partial charge in [-0.2, -0.15) is 0 Å². The molecule has 278 valence electrons. The number of allylic oxidation sites excluding steroid dienone is 1. The SMILES string of the molecule is C=C(/C(=C(\O)OCC)C(C(=O)OCC)C(CNS(=O)(=O)c1ccc([N+](=O)[O-])cc1)c1ccccc1)[P+](c1ccccc1)(c1ccccc1)c1ccccc1. The average Bonchev–Trinajstić information content (AvgIpc) is 3.19. The fraction of sp³-hybridized carbons (Fsp3) is 0.167. The van der Waals surface area contributed by atoms with Gasteiger partial charge in [-0.05, 0) is 67.9 Å². The molecule has 54 heavy (non-hydrogen) atoms. The maximum Gasteiger partial charge on any atom is 0.314 e. The molecule has 2 atom stereocenters. The number of rotatable bonds is 17. The van der Waals surface area contributed by atoms with Crippen molar-refractivity contribution in [3.05, 3.63) is 185 Å². The number of benzene rings is 5. The number of ether oxygens (including phenoxy) is 2. The summed E-state index contributed by atoms with van der Waals surface area (Å²) in [5.41, 5.74) is 0.378. The molecule has 5 rings (SSSR count). The lowest BCUT2D eigenvalue weighted by molar-refractivity contribution is -0.384. The van der Waals surface area contributed by atoms with Crippen LogP contribution in [0, 0.1) is 16.0 Å². The summed E-state index contributed by atoms with van der Waals surface area (Å²) >= 11 is 0. The second kappa shape index (κ2) is 17.9. The summed E-state index contributed by atoms with van der Waals surface area (Å²) in [5, 5.41) is 26.4. The van der Waals surface area contributed by atoms with Gasteiger partial charge in [0.2, 0.25) is 10.0 Å². The lowest BCUT2D eigenvalue weighted by atomic mass is 9.81. The molecule has 0 spiro atoms. The second-order valence-electron chi connectivity index (χ2n) is 12.1. The van der Waals surface area contributed by atoms with E-state index in [1.807, 2.05) is 91.0 Å². The number of carbonyl (C=O) groups is 1. The molecule has 5 aromatic carbocycles. The average molecular weight is 766 g/mol. The van der Waals surface area contributed by atoms with Crippen LogP contribution in [-0.2, 0) is 24.3 Å². The van der Waals surface area contributed by atoms with E-state index in [9.17, 15) is 28.4 Å². The van der Waals surface area contributed by atoms with E-state index >= 15 is 0 Å². The van der Waals surface area contributed by atoms with Gasteiger partial charge in [-0.1, -0.05) is 91.5 Å². The van der Waals surface area contributed by atoms with Crippen molar-refractivity contribution >= 4 is 44.9 Å². The standard InChI is InChI=1S/C42H41N2O8PS/c1-4-51-41(45)39(31(3)53(34-20-12-7-13-21-34,35-22-14-8-15-23-35)36-24-16-9-17-25-36)40(42(46)52-5-2)38(32-18-10-6-11-19-32)30-43-54(49,50)37-28-26-33(27-29-37)44(47)48/h6-29,38,40,43H,3-5,30H2,1-2H3/p+1/b41-39-. The maximum absolute atomic E-state index is 14.6. The Hall–Kier alpha value is -5.61. The molecule has 0 saturated carbocycles. The van der Waals surface area contributed by atoms with Gasteiger partial charge < -0.3 is 14.6 Å². The normalized spacial score (nSPS) is 13.2. The van der Waals surface area contributed by atoms with E-state index in [1.54, 1.807) is 44.2 Å². The molecule has 0 aliphatic carbocycles. The Kier molecular flexibility index (Phi) is 13.2. The molecule has 5 aromatic rings. The Bertz CT molecular complexity index is 2090. The first-order chi connectivity index (χ1) is 26.1. The number of nitrogens with zero attached hydrogens (tertiary/aromatic N) is 1. The Morgan fingerprint density at radius 2 is 1.20 bits per heavy atom. The van der Waals surface area contributed by atoms with Crippen molar-refractivity contribution in [3.8, 4) is 0 Å². The Morgan fingerprint density at radius 1 is 0.759 bits per heavy atom. The minimum atomic E-state index is -4.26. The molecule has 0 heterocycles. The van der Waals surface area contributed by atoms with Crippen molar-refractivity contribution in [2.24, 2.45) is 5.92 Å². The van der Waals surface area contributed by atoms with Crippen LogP contribution in [-0.4, -0.2) is 44.2 Å². The summed E-state index contributed by atoms with van der Waals surface area (Å²) in [4.78, 5) is 25.0. The molecule has 0 amide bonds. The highest BCUT2D eigenvalue weighted by molar-refractivity contribution is 7.99. The summed E-state index contributed by atoms with van der Waals surface area (Å²) in [6.07, 6.45) is 0. The van der Waals surface area contributed by atoms with Gasteiger partial charge in [0.05, 0.1) is 28.6 Å². The molecule has 0 fully saturated rings. The van der Waals surface area contributed by atoms with Crippen molar-refractivity contribution in [1.29, 1.82) is 0 Å². The van der Waals surface area contributed by atoms with Crippen LogP contribution in [0.4, 0.5) is 5.69 Å². The third-order valence-electron chi connectivity index (χ3n) is 8.99. The number of carbonyl (C=O) groups excluding carboxylic acids is 1. The summed E-state index contributed by atoms with van der Waals surface area (Å²) in [6, 6.07) is 42.7. The lowest BCUT2D eigenvalue weighted by Crippen LogP contribution is -2.39. The third-order valence-corrected chi connectivity index (χ3v) is 14.7. The highest BCUT2D eigenvalue weighted by atomic mass is 32.2. The molecule has 10 nitrogen and oxygen atoms in total. The Balaban J connectivity index is 1.77. The highest BCUT2D eigenvalue weighted by Crippen LogP contribution is 2.65. The molecule has 0 saturated heterocycles. The quantitative estimate of drug-likeness (QED) is 0.0254. The zero-order chi connectivity index (χ0) is 38.7. The molecular weight excluding hydrogens is 724 g/mol. The van der Waals surface area contributed by atoms with Gasteiger partial charge in [0.1, 0.15) is 34.4 Å². The van der Waals surface area contributed by atoms with Crippen LogP contribution in [0.5, 0.6) is 0 Å². The number of nitro groups is 1. The molecule has 2 unspecified atom stereocenters. The van der Waals surface area contributed by atoms with E-state index in [2.05, 4.69) is 4.72 Å². The topological polar surface area (TPSA) is 145 Å². The number of esters is 1. The number of aliphatic hydroxyl groups is 1. The monoisotopic (exact) mass is 765 g/mol. The first-order valence-electron chi connectivity index (χ1n) is 17.3. The lowest BCUT2D eigenvalue weighted by Gasteiger charge is -2.34. The van der Waals surface area contributed by atoms with E-state index in [0.717, 1.165) is 40.2 Å². The van der Waals surface area contributed by atoms with Gasteiger partial charge in [0, 0.05) is 24.6 Å². The van der Waals surface area contributed by atoms with E-state index in [1.165, 1.54) is 0 Å². The van der Waals surface area contributed by atoms with Gasteiger partial charge in [0.15, 0.2) is 0 Å². The van der Waals surface area contributed by atoms with Crippen LogP contribution in [0.2, 0.25) is 0 Å². The Labute approximate surface area is 316 Å². The third kappa shape index (κ3) is 8.44. The van der Waals surface area contributed by atoms with Gasteiger partial charge in [-0.3, -0.25) is 14.9 Å². The van der Waals surface area contributed by atoms with Crippen LogP contribution < -0.4 is 20.6 Å². The van der Waals surface area contributed by atoms with Crippen molar-refractivity contribution in [1.82, 2.24) is 4.72 Å². The second-order valence-corrected chi connectivity index (χ2v) is 17.3. The number of nitro benzene ring substituents is 1. The Morgan fingerprint density at radius 3 is 1.63 bits per heavy atom. The fourth-order valence-electron chi connectivity index (χ4n) is 6.57. The zero-order valence-electron chi connectivity index (χ0n) is 29.9. The van der Waals surface area contributed by atoms with Crippen molar-refractivity contribution < 1.29 is 32.7 Å². The van der Waals surface area contributed by atoms with Gasteiger partial charge in [-0.25, -0.2) is 13.1 Å². The molecule has 0 aromatic heterocycles. The summed E-state index contributed by atoms with van der Waals surface area (Å²) in [6.45, 7) is 7.81. The minimum Gasteiger partial charge on any atom is -0.481 e. The minimum absolute atomic E-state index is 0.00312. The number of nitrogens with one attached hydrogen (secondary N) is 1. The molecule has 0 aliphatic heterocycles. The zero-order valence-corrected chi connectivity index (χ0v) is 31.7. The van der Waals surface area contributed by atoms with Gasteiger partial charge in [0.25, 0.3) is 11.6 Å². The van der Waals surface area contributed by atoms with Crippen molar-refractivity contribution in [2.75, 3.05) is 19.8 Å². The number of hydrogen-bond acceptors (Lipinski definition) is 8. The smallest absolute Gasteiger partial charge is 0.314 e. The van der Waals surface area contributed by atoms with E-state index in [-0.39, 0.29) is 35.9 Å². The molecule has 0 radical (unpaired) electrons. The molecular formula is C42H42N2O8PS+. The largest absolute Gasteiger partial charge is 0.481 e. The molecule has 0 aliphatic rings. The first kappa shape index (κ1) is 39.6. The predicted octanol–water partition coefficient (Wildman–Crippen LogP) is 7.15. The van der Waals surface area contributed by atoms with Crippen molar-refractivity contribution in [3.63, 3.8) is 0 Å². The van der Waals surface area contributed by atoms with E-state index < -0.39 is 46.0 Å². The number of non-ortho nitro benzene ring substituents is 1. The van der Waals surface area contributed by atoms with Gasteiger partial charge >= 0.3 is 5.97 Å². The molecule has 0 bridgehead atoms. The van der Waals surface area contributed by atoms with Crippen LogP contribution >= 0.6 is 7.26 Å². The number of sulfonamides is 1. The molecule has 12 heteroatoms. The summed E-state index contributed by atoms with van der Waals surface area (Å²) in [5.74, 6) is -3.58. The number of aliphatic hydroxyl groups excluding tert-OH is 1. The fourth-order valence-corrected chi connectivity index (χ4v) is 11.9.